The van der Waals surface area contributed by atoms with Crippen molar-refractivity contribution in [2.24, 2.45) is 11.8 Å². The quantitative estimate of drug-likeness (QED) is 0.826. The molecule has 25 heavy (non-hydrogen) atoms. The maximum atomic E-state index is 12.7. The molecule has 1 saturated heterocycles. The van der Waals surface area contributed by atoms with Gasteiger partial charge in [-0.1, -0.05) is 6.42 Å². The molecule has 0 aromatic heterocycles. The van der Waals surface area contributed by atoms with Gasteiger partial charge in [0.1, 0.15) is 0 Å². The molecule has 6 heteroatoms. The summed E-state index contributed by atoms with van der Waals surface area (Å²) in [4.78, 5) is 17.4. The molecule has 1 heterocycles. The fraction of sp³-hybridized carbons (Fsp3) is 0.632. The average Bonchev–Trinajstić information content (AvgIpc) is 3.24. The van der Waals surface area contributed by atoms with Crippen LogP contribution in [0.25, 0.3) is 0 Å². The van der Waals surface area contributed by atoms with Crippen LogP contribution in [0.3, 0.4) is 0 Å². The van der Waals surface area contributed by atoms with E-state index in [-0.39, 0.29) is 10.8 Å². The summed E-state index contributed by atoms with van der Waals surface area (Å²) in [5.41, 5.74) is 0.570. The number of amides is 1. The Balaban J connectivity index is 1.36. The van der Waals surface area contributed by atoms with Gasteiger partial charge in [-0.05, 0) is 55.4 Å². The minimum Gasteiger partial charge on any atom is -0.336 e. The van der Waals surface area contributed by atoms with Crippen molar-refractivity contribution in [2.75, 3.05) is 32.4 Å². The number of fused-ring (bicyclic) bond motifs is 2. The van der Waals surface area contributed by atoms with Crippen molar-refractivity contribution in [3.05, 3.63) is 29.8 Å². The van der Waals surface area contributed by atoms with E-state index >= 15 is 0 Å². The van der Waals surface area contributed by atoms with Crippen molar-refractivity contribution in [2.45, 2.75) is 36.6 Å². The lowest BCUT2D eigenvalue weighted by atomic mass is 9.93. The first-order valence-electron chi connectivity index (χ1n) is 9.25. The highest BCUT2D eigenvalue weighted by atomic mass is 32.2. The first kappa shape index (κ1) is 17.0. The number of carbonyl (C=O) groups is 1. The van der Waals surface area contributed by atoms with Crippen LogP contribution < -0.4 is 0 Å². The highest BCUT2D eigenvalue weighted by Gasteiger charge is 2.42. The molecule has 1 amide bonds. The molecule has 136 valence electrons. The molecule has 3 aliphatic rings. The Morgan fingerprint density at radius 2 is 1.68 bits per heavy atom. The van der Waals surface area contributed by atoms with Gasteiger partial charge in [-0.15, -0.1) is 0 Å². The van der Waals surface area contributed by atoms with Crippen molar-refractivity contribution < 1.29 is 13.2 Å². The Hall–Kier alpha value is -1.40. The smallest absolute Gasteiger partial charge is 0.253 e. The minimum atomic E-state index is -3.22. The molecule has 1 aromatic rings. The van der Waals surface area contributed by atoms with E-state index in [0.717, 1.165) is 44.1 Å². The zero-order chi connectivity index (χ0) is 17.6. The van der Waals surface area contributed by atoms with Gasteiger partial charge in [-0.3, -0.25) is 9.69 Å². The highest BCUT2D eigenvalue weighted by Crippen LogP contribution is 2.46. The predicted molar refractivity (Wildman–Crippen MR) is 96.3 cm³/mol. The Morgan fingerprint density at radius 1 is 1.00 bits per heavy atom. The van der Waals surface area contributed by atoms with E-state index in [9.17, 15) is 13.2 Å². The van der Waals surface area contributed by atoms with Gasteiger partial charge >= 0.3 is 0 Å². The number of hydrogen-bond donors (Lipinski definition) is 0. The molecule has 1 aromatic carbocycles. The molecule has 0 N–H and O–H groups in total. The second-order valence-corrected chi connectivity index (χ2v) is 9.88. The van der Waals surface area contributed by atoms with Gasteiger partial charge in [0.05, 0.1) is 4.90 Å². The molecule has 2 aliphatic carbocycles. The van der Waals surface area contributed by atoms with Gasteiger partial charge in [0.25, 0.3) is 5.91 Å². The number of nitrogens with zero attached hydrogens (tertiary/aromatic N) is 2. The van der Waals surface area contributed by atoms with Crippen LogP contribution in [-0.2, 0) is 9.84 Å². The third kappa shape index (κ3) is 3.34. The minimum absolute atomic E-state index is 0.00708. The molecule has 3 fully saturated rings. The van der Waals surface area contributed by atoms with Crippen LogP contribution in [0.1, 0.15) is 36.0 Å². The lowest BCUT2D eigenvalue weighted by Crippen LogP contribution is -2.53. The maximum absolute atomic E-state index is 12.7. The molecule has 4 rings (SSSR count). The standard InChI is InChI=1S/C19H26N2O3S/c1-25(23,24)17-6-4-15(5-7-17)19(22)21-10-8-20(9-11-21)18-13-14-2-3-16(18)12-14/h4-7,14,16,18H,2-3,8-13H2,1H3. The third-order valence-electron chi connectivity index (χ3n) is 6.30. The molecular weight excluding hydrogens is 336 g/mol. The second-order valence-electron chi connectivity index (χ2n) is 7.87. The van der Waals surface area contributed by atoms with E-state index < -0.39 is 9.84 Å². The van der Waals surface area contributed by atoms with Crippen molar-refractivity contribution in [3.8, 4) is 0 Å². The predicted octanol–water partition coefficient (Wildman–Crippen LogP) is 2.04. The van der Waals surface area contributed by atoms with Crippen LogP contribution in [0.5, 0.6) is 0 Å². The molecule has 2 bridgehead atoms. The Morgan fingerprint density at radius 3 is 2.20 bits per heavy atom. The van der Waals surface area contributed by atoms with Gasteiger partial charge in [0.2, 0.25) is 0 Å². The fourth-order valence-electron chi connectivity index (χ4n) is 4.94. The Bertz CT molecular complexity index is 751. The number of piperazine rings is 1. The molecule has 3 atom stereocenters. The zero-order valence-electron chi connectivity index (χ0n) is 14.7. The maximum Gasteiger partial charge on any atom is 0.253 e. The lowest BCUT2D eigenvalue weighted by Gasteiger charge is -2.41. The summed E-state index contributed by atoms with van der Waals surface area (Å²) < 4.78 is 23.1. The van der Waals surface area contributed by atoms with E-state index in [1.165, 1.54) is 44.1 Å². The highest BCUT2D eigenvalue weighted by molar-refractivity contribution is 7.90. The van der Waals surface area contributed by atoms with Crippen molar-refractivity contribution in [3.63, 3.8) is 0 Å². The summed E-state index contributed by atoms with van der Waals surface area (Å²) in [5, 5.41) is 0. The van der Waals surface area contributed by atoms with Crippen molar-refractivity contribution >= 4 is 15.7 Å². The van der Waals surface area contributed by atoms with Gasteiger partial charge < -0.3 is 4.90 Å². The Labute approximate surface area is 149 Å². The summed E-state index contributed by atoms with van der Waals surface area (Å²) >= 11 is 0. The summed E-state index contributed by atoms with van der Waals surface area (Å²) in [7, 11) is -3.22. The summed E-state index contributed by atoms with van der Waals surface area (Å²) in [5.74, 6) is 1.84. The average molecular weight is 362 g/mol. The molecule has 5 nitrogen and oxygen atoms in total. The van der Waals surface area contributed by atoms with Crippen LogP contribution in [-0.4, -0.2) is 62.6 Å². The van der Waals surface area contributed by atoms with Crippen LogP contribution in [0.2, 0.25) is 0 Å². The van der Waals surface area contributed by atoms with Crippen LogP contribution in [0.15, 0.2) is 29.2 Å². The van der Waals surface area contributed by atoms with Crippen molar-refractivity contribution in [1.82, 2.24) is 9.80 Å². The van der Waals surface area contributed by atoms with E-state index in [2.05, 4.69) is 4.90 Å². The third-order valence-corrected chi connectivity index (χ3v) is 7.43. The summed E-state index contributed by atoms with van der Waals surface area (Å²) in [6, 6.07) is 7.04. The van der Waals surface area contributed by atoms with Crippen molar-refractivity contribution in [1.29, 1.82) is 0 Å². The molecular formula is C19H26N2O3S. The number of sulfone groups is 1. The number of benzene rings is 1. The topological polar surface area (TPSA) is 57.7 Å². The molecule has 0 radical (unpaired) electrons. The summed E-state index contributed by atoms with van der Waals surface area (Å²) in [6.07, 6.45) is 6.76. The summed E-state index contributed by atoms with van der Waals surface area (Å²) in [6.45, 7) is 3.45. The molecule has 1 aliphatic heterocycles. The van der Waals surface area contributed by atoms with E-state index in [4.69, 9.17) is 0 Å². The first-order valence-corrected chi connectivity index (χ1v) is 11.1. The fourth-order valence-corrected chi connectivity index (χ4v) is 5.57. The van der Waals surface area contributed by atoms with E-state index in [1.807, 2.05) is 4.90 Å². The monoisotopic (exact) mass is 362 g/mol. The first-order chi connectivity index (χ1) is 11.9. The number of hydrogen-bond acceptors (Lipinski definition) is 4. The second kappa shape index (κ2) is 6.40. The normalized spacial score (nSPS) is 30.0. The lowest BCUT2D eigenvalue weighted by molar-refractivity contribution is 0.0496. The van der Waals surface area contributed by atoms with E-state index in [1.54, 1.807) is 12.1 Å². The molecule has 3 unspecified atom stereocenters. The number of rotatable bonds is 3. The van der Waals surface area contributed by atoms with Gasteiger partial charge in [-0.2, -0.15) is 0 Å². The van der Waals surface area contributed by atoms with Gasteiger partial charge in [0.15, 0.2) is 9.84 Å². The van der Waals surface area contributed by atoms with Crippen LogP contribution >= 0.6 is 0 Å². The molecule has 2 saturated carbocycles. The SMILES string of the molecule is CS(=O)(=O)c1ccc(C(=O)N2CCN(C3CC4CCC3C4)CC2)cc1. The van der Waals surface area contributed by atoms with Crippen LogP contribution in [0.4, 0.5) is 0 Å². The zero-order valence-corrected chi connectivity index (χ0v) is 15.5. The largest absolute Gasteiger partial charge is 0.336 e. The van der Waals surface area contributed by atoms with Crippen LogP contribution in [0, 0.1) is 11.8 Å². The molecule has 0 spiro atoms. The Kier molecular flexibility index (Phi) is 4.36. The van der Waals surface area contributed by atoms with Gasteiger partial charge in [0, 0.05) is 44.0 Å². The van der Waals surface area contributed by atoms with Gasteiger partial charge in [-0.25, -0.2) is 8.42 Å². The number of carbonyl (C=O) groups excluding carboxylic acids is 1. The van der Waals surface area contributed by atoms with E-state index in [0.29, 0.717) is 5.56 Å².